The van der Waals surface area contributed by atoms with Crippen molar-refractivity contribution >= 4 is 23.6 Å². The second kappa shape index (κ2) is 6.99. The molecule has 1 aromatic heterocycles. The van der Waals surface area contributed by atoms with Crippen LogP contribution in [0.3, 0.4) is 0 Å². The van der Waals surface area contributed by atoms with Crippen molar-refractivity contribution in [1.29, 1.82) is 0 Å². The summed E-state index contributed by atoms with van der Waals surface area (Å²) in [7, 11) is 0. The van der Waals surface area contributed by atoms with E-state index in [1.54, 1.807) is 16.8 Å². The van der Waals surface area contributed by atoms with Gasteiger partial charge in [-0.1, -0.05) is 6.07 Å². The molecule has 1 saturated heterocycles. The number of carbonyl (C=O) groups excluding carboxylic acids is 1. The maximum atomic E-state index is 13.7. The second-order valence-corrected chi connectivity index (χ2v) is 8.12. The van der Waals surface area contributed by atoms with Crippen LogP contribution in [0.1, 0.15) is 41.0 Å². The van der Waals surface area contributed by atoms with Gasteiger partial charge in [-0.2, -0.15) is 16.9 Å². The Labute approximate surface area is 160 Å². The number of nitrogens with one attached hydrogen (secondary N) is 1. The van der Waals surface area contributed by atoms with Crippen molar-refractivity contribution in [2.45, 2.75) is 37.6 Å². The van der Waals surface area contributed by atoms with Gasteiger partial charge in [0.25, 0.3) is 5.91 Å². The summed E-state index contributed by atoms with van der Waals surface area (Å²) in [4.78, 5) is 24.7. The third kappa shape index (κ3) is 3.22. The van der Waals surface area contributed by atoms with Crippen LogP contribution in [0.4, 0.5) is 4.39 Å². The smallest absolute Gasteiger partial charge is 0.330 e. The minimum absolute atomic E-state index is 0.256. The van der Waals surface area contributed by atoms with Gasteiger partial charge in [0.05, 0.1) is 5.69 Å². The lowest BCUT2D eigenvalue weighted by molar-refractivity contribution is -0.143. The number of benzene rings is 1. The summed E-state index contributed by atoms with van der Waals surface area (Å²) in [6, 6.07) is 6.10. The summed E-state index contributed by atoms with van der Waals surface area (Å²) < 4.78 is 15.3. The molecule has 1 aromatic carbocycles. The Morgan fingerprint density at radius 3 is 2.81 bits per heavy atom. The molecule has 1 amide bonds. The number of carbonyl (C=O) groups is 2. The number of amides is 1. The van der Waals surface area contributed by atoms with Gasteiger partial charge in [0.2, 0.25) is 0 Å². The lowest BCUT2D eigenvalue weighted by Crippen LogP contribution is -2.55. The van der Waals surface area contributed by atoms with Crippen molar-refractivity contribution in [2.24, 2.45) is 0 Å². The number of carboxylic acids is 1. The van der Waals surface area contributed by atoms with Gasteiger partial charge >= 0.3 is 5.97 Å². The predicted octanol–water partition coefficient (Wildman–Crippen LogP) is 2.58. The van der Waals surface area contributed by atoms with Crippen LogP contribution in [0.5, 0.6) is 0 Å². The number of thioether (sulfide) groups is 1. The van der Waals surface area contributed by atoms with Crippen molar-refractivity contribution in [3.05, 3.63) is 47.0 Å². The highest BCUT2D eigenvalue weighted by atomic mass is 32.2. The van der Waals surface area contributed by atoms with Crippen molar-refractivity contribution in [1.82, 2.24) is 15.1 Å². The summed E-state index contributed by atoms with van der Waals surface area (Å²) in [6.07, 6.45) is 3.78. The van der Waals surface area contributed by atoms with Crippen LogP contribution in [0.2, 0.25) is 0 Å². The highest BCUT2D eigenvalue weighted by Crippen LogP contribution is 2.31. The molecule has 2 N–H and O–H groups in total. The largest absolute Gasteiger partial charge is 0.479 e. The molecule has 2 aliphatic rings. The highest BCUT2D eigenvalue weighted by molar-refractivity contribution is 7.99. The zero-order valence-electron chi connectivity index (χ0n) is 14.7. The van der Waals surface area contributed by atoms with Crippen molar-refractivity contribution < 1.29 is 19.1 Å². The fourth-order valence-corrected chi connectivity index (χ4v) is 5.09. The predicted molar refractivity (Wildman–Crippen MR) is 99.9 cm³/mol. The minimum atomic E-state index is -1.24. The first-order valence-corrected chi connectivity index (χ1v) is 10.2. The molecular formula is C19H20FN3O3S. The van der Waals surface area contributed by atoms with Crippen molar-refractivity contribution in [2.75, 3.05) is 11.5 Å². The van der Waals surface area contributed by atoms with E-state index in [0.29, 0.717) is 30.0 Å². The van der Waals surface area contributed by atoms with Gasteiger partial charge in [0, 0.05) is 17.0 Å². The molecule has 0 bridgehead atoms. The van der Waals surface area contributed by atoms with Gasteiger partial charge < -0.3 is 10.4 Å². The quantitative estimate of drug-likeness (QED) is 0.840. The minimum Gasteiger partial charge on any atom is -0.479 e. The van der Waals surface area contributed by atoms with E-state index in [1.165, 1.54) is 23.9 Å². The van der Waals surface area contributed by atoms with Crippen LogP contribution in [0.15, 0.2) is 24.3 Å². The summed E-state index contributed by atoms with van der Waals surface area (Å²) >= 11 is 1.52. The Hall–Kier alpha value is -2.35. The molecular weight excluding hydrogens is 369 g/mol. The van der Waals surface area contributed by atoms with E-state index in [2.05, 4.69) is 10.4 Å². The molecule has 4 rings (SSSR count). The average Bonchev–Trinajstić information content (AvgIpc) is 3.27. The normalized spacial score (nSPS) is 21.7. The summed E-state index contributed by atoms with van der Waals surface area (Å²) in [6.45, 7) is 0. The fourth-order valence-electron chi connectivity index (χ4n) is 3.77. The van der Waals surface area contributed by atoms with Gasteiger partial charge in [-0.15, -0.1) is 0 Å². The number of halogens is 1. The summed E-state index contributed by atoms with van der Waals surface area (Å²) in [5, 5.41) is 16.8. The van der Waals surface area contributed by atoms with Crippen LogP contribution in [-0.4, -0.2) is 43.8 Å². The van der Waals surface area contributed by atoms with Gasteiger partial charge in [0.1, 0.15) is 11.4 Å². The zero-order chi connectivity index (χ0) is 19.0. The van der Waals surface area contributed by atoms with Crippen molar-refractivity contribution in [3.8, 4) is 5.69 Å². The Morgan fingerprint density at radius 1 is 1.30 bits per heavy atom. The standard InChI is InChI=1S/C19H20FN3O3S/c20-12-4-3-5-13(10-12)23-15-7-2-1-6-14(15)16(22-23)17(24)21-19(18(25)26)8-9-27-11-19/h3-5,10H,1-2,6-9,11H2,(H,21,24)(H,25,26). The number of fused-ring (bicyclic) bond motifs is 1. The average molecular weight is 389 g/mol. The molecule has 1 fully saturated rings. The van der Waals surface area contributed by atoms with Crippen LogP contribution in [0, 0.1) is 5.82 Å². The lowest BCUT2D eigenvalue weighted by atomic mass is 9.94. The Morgan fingerprint density at radius 2 is 2.11 bits per heavy atom. The third-order valence-corrected chi connectivity index (χ3v) is 6.42. The van der Waals surface area contributed by atoms with E-state index < -0.39 is 17.4 Å². The number of carboxylic acid groups (broad SMARTS) is 1. The second-order valence-electron chi connectivity index (χ2n) is 7.02. The van der Waals surface area contributed by atoms with Crippen molar-refractivity contribution in [3.63, 3.8) is 0 Å². The first kappa shape index (κ1) is 18.0. The SMILES string of the molecule is O=C(NC1(C(=O)O)CCSC1)c1nn(-c2cccc(F)c2)c2c1CCCC2. The number of nitrogens with zero attached hydrogens (tertiary/aromatic N) is 2. The maximum Gasteiger partial charge on any atom is 0.330 e. The number of aliphatic carboxylic acids is 1. The fraction of sp³-hybridized carbons (Fsp3) is 0.421. The number of hydrogen-bond acceptors (Lipinski definition) is 4. The number of hydrogen-bond donors (Lipinski definition) is 2. The monoisotopic (exact) mass is 389 g/mol. The van der Waals surface area contributed by atoms with E-state index in [-0.39, 0.29) is 11.5 Å². The number of aromatic nitrogens is 2. The maximum absolute atomic E-state index is 13.7. The summed E-state index contributed by atoms with van der Waals surface area (Å²) in [5.41, 5.74) is 1.32. The van der Waals surface area contributed by atoms with Crippen LogP contribution >= 0.6 is 11.8 Å². The summed E-state index contributed by atoms with van der Waals surface area (Å²) in [5.74, 6) is -0.803. The zero-order valence-corrected chi connectivity index (χ0v) is 15.5. The lowest BCUT2D eigenvalue weighted by Gasteiger charge is -2.24. The molecule has 27 heavy (non-hydrogen) atoms. The molecule has 2 heterocycles. The molecule has 0 saturated carbocycles. The molecule has 2 aromatic rings. The van der Waals surface area contributed by atoms with Gasteiger partial charge in [0.15, 0.2) is 5.69 Å². The molecule has 1 aliphatic carbocycles. The van der Waals surface area contributed by atoms with E-state index >= 15 is 0 Å². The third-order valence-electron chi connectivity index (χ3n) is 5.23. The first-order valence-electron chi connectivity index (χ1n) is 9.00. The molecule has 0 radical (unpaired) electrons. The molecule has 8 heteroatoms. The van der Waals surface area contributed by atoms with E-state index in [0.717, 1.165) is 30.5 Å². The molecule has 142 valence electrons. The Kier molecular flexibility index (Phi) is 4.67. The van der Waals surface area contributed by atoms with Crippen LogP contribution in [0.25, 0.3) is 5.69 Å². The Balaban J connectivity index is 1.73. The van der Waals surface area contributed by atoms with Crippen LogP contribution < -0.4 is 5.32 Å². The van der Waals surface area contributed by atoms with E-state index in [4.69, 9.17) is 0 Å². The Bertz CT molecular complexity index is 906. The molecule has 1 atom stereocenters. The first-order chi connectivity index (χ1) is 13.0. The van der Waals surface area contributed by atoms with Crippen LogP contribution in [-0.2, 0) is 17.6 Å². The molecule has 1 aliphatic heterocycles. The topological polar surface area (TPSA) is 84.2 Å². The van der Waals surface area contributed by atoms with Gasteiger partial charge in [-0.25, -0.2) is 13.9 Å². The molecule has 1 unspecified atom stereocenters. The van der Waals surface area contributed by atoms with E-state index in [1.807, 2.05) is 0 Å². The van der Waals surface area contributed by atoms with E-state index in [9.17, 15) is 19.1 Å². The van der Waals surface area contributed by atoms with Gasteiger partial charge in [-0.3, -0.25) is 4.79 Å². The molecule has 0 spiro atoms. The highest BCUT2D eigenvalue weighted by Gasteiger charge is 2.44. The van der Waals surface area contributed by atoms with Gasteiger partial charge in [-0.05, 0) is 56.1 Å². The number of rotatable bonds is 4. The molecule has 6 nitrogen and oxygen atoms in total.